The smallest absolute Gasteiger partial charge is 0.253 e. The van der Waals surface area contributed by atoms with Gasteiger partial charge in [-0.05, 0) is 31.4 Å². The molecule has 0 spiro atoms. The van der Waals surface area contributed by atoms with Gasteiger partial charge < -0.3 is 10.4 Å². The molecule has 0 aliphatic heterocycles. The van der Waals surface area contributed by atoms with Crippen molar-refractivity contribution in [3.63, 3.8) is 0 Å². The number of nitrogens with one attached hydrogen (secondary N) is 1. The lowest BCUT2D eigenvalue weighted by Crippen LogP contribution is -2.33. The van der Waals surface area contributed by atoms with Crippen LogP contribution in [0.2, 0.25) is 0 Å². The van der Waals surface area contributed by atoms with E-state index in [0.717, 1.165) is 12.8 Å². The SMILES string of the molecule is O=C(N[C@H]1CC[C@H](O)C1)c1cccnc1. The number of hydrogen-bond donors (Lipinski definition) is 2. The number of aliphatic hydroxyl groups excluding tert-OH is 1. The van der Waals surface area contributed by atoms with Gasteiger partial charge in [-0.1, -0.05) is 0 Å². The van der Waals surface area contributed by atoms with Gasteiger partial charge in [0.25, 0.3) is 5.91 Å². The van der Waals surface area contributed by atoms with E-state index in [4.69, 9.17) is 0 Å². The van der Waals surface area contributed by atoms with Crippen LogP contribution >= 0.6 is 0 Å². The van der Waals surface area contributed by atoms with Crippen LogP contribution in [0.5, 0.6) is 0 Å². The number of aliphatic hydroxyl groups is 1. The number of hydrogen-bond acceptors (Lipinski definition) is 3. The van der Waals surface area contributed by atoms with E-state index in [2.05, 4.69) is 10.3 Å². The van der Waals surface area contributed by atoms with Gasteiger partial charge in [-0.15, -0.1) is 0 Å². The van der Waals surface area contributed by atoms with Crippen LogP contribution in [0, 0.1) is 0 Å². The molecule has 1 aliphatic carbocycles. The van der Waals surface area contributed by atoms with Crippen molar-refractivity contribution >= 4 is 5.91 Å². The van der Waals surface area contributed by atoms with Crippen molar-refractivity contribution in [1.29, 1.82) is 0 Å². The molecule has 1 heterocycles. The molecule has 1 aromatic heterocycles. The molecule has 0 bridgehead atoms. The molecule has 1 saturated carbocycles. The molecule has 0 aromatic carbocycles. The van der Waals surface area contributed by atoms with Gasteiger partial charge in [0.2, 0.25) is 0 Å². The predicted molar refractivity (Wildman–Crippen MR) is 55.3 cm³/mol. The molecule has 2 rings (SSSR count). The van der Waals surface area contributed by atoms with Crippen LogP contribution < -0.4 is 5.32 Å². The molecule has 1 fully saturated rings. The Morgan fingerprint density at radius 3 is 3.00 bits per heavy atom. The molecular formula is C11H14N2O2. The Morgan fingerprint density at radius 1 is 1.53 bits per heavy atom. The summed E-state index contributed by atoms with van der Waals surface area (Å²) in [6.45, 7) is 0. The van der Waals surface area contributed by atoms with E-state index in [1.54, 1.807) is 24.5 Å². The van der Waals surface area contributed by atoms with E-state index in [9.17, 15) is 9.90 Å². The normalized spacial score (nSPS) is 25.1. The van der Waals surface area contributed by atoms with E-state index in [-0.39, 0.29) is 18.1 Å². The van der Waals surface area contributed by atoms with Crippen molar-refractivity contribution in [2.24, 2.45) is 0 Å². The Kier molecular flexibility index (Phi) is 2.97. The average Bonchev–Trinajstić information content (AvgIpc) is 2.65. The van der Waals surface area contributed by atoms with Crippen LogP contribution in [0.25, 0.3) is 0 Å². The predicted octanol–water partition coefficient (Wildman–Crippen LogP) is 0.725. The minimum Gasteiger partial charge on any atom is -0.393 e. The molecule has 1 aliphatic rings. The maximum absolute atomic E-state index is 11.7. The van der Waals surface area contributed by atoms with Crippen LogP contribution in [0.1, 0.15) is 29.6 Å². The average molecular weight is 206 g/mol. The van der Waals surface area contributed by atoms with E-state index in [1.165, 1.54) is 0 Å². The lowest BCUT2D eigenvalue weighted by atomic mass is 10.2. The van der Waals surface area contributed by atoms with Crippen LogP contribution in [-0.4, -0.2) is 28.1 Å². The summed E-state index contributed by atoms with van der Waals surface area (Å²) in [6, 6.07) is 3.57. The number of rotatable bonds is 2. The lowest BCUT2D eigenvalue weighted by Gasteiger charge is -2.11. The summed E-state index contributed by atoms with van der Waals surface area (Å²) in [5, 5.41) is 12.2. The summed E-state index contributed by atoms with van der Waals surface area (Å²) in [5.74, 6) is -0.109. The molecule has 2 atom stereocenters. The second-order valence-electron chi connectivity index (χ2n) is 3.88. The van der Waals surface area contributed by atoms with Crippen molar-refractivity contribution in [3.8, 4) is 0 Å². The van der Waals surface area contributed by atoms with Gasteiger partial charge in [0.1, 0.15) is 0 Å². The summed E-state index contributed by atoms with van der Waals surface area (Å²) in [5.41, 5.74) is 0.568. The van der Waals surface area contributed by atoms with Gasteiger partial charge in [0, 0.05) is 18.4 Å². The van der Waals surface area contributed by atoms with E-state index >= 15 is 0 Å². The number of pyridine rings is 1. The molecule has 0 unspecified atom stereocenters. The van der Waals surface area contributed by atoms with Crippen molar-refractivity contribution in [2.75, 3.05) is 0 Å². The van der Waals surface area contributed by atoms with Gasteiger partial charge >= 0.3 is 0 Å². The first-order chi connectivity index (χ1) is 7.25. The molecule has 15 heavy (non-hydrogen) atoms. The highest BCUT2D eigenvalue weighted by atomic mass is 16.3. The molecule has 0 radical (unpaired) electrons. The van der Waals surface area contributed by atoms with Gasteiger partial charge in [-0.25, -0.2) is 0 Å². The zero-order valence-electron chi connectivity index (χ0n) is 8.39. The molecule has 1 aromatic rings. The number of amides is 1. The summed E-state index contributed by atoms with van der Waals surface area (Å²) >= 11 is 0. The summed E-state index contributed by atoms with van der Waals surface area (Å²) < 4.78 is 0. The first-order valence-electron chi connectivity index (χ1n) is 5.14. The topological polar surface area (TPSA) is 62.2 Å². The zero-order valence-corrected chi connectivity index (χ0v) is 8.39. The summed E-state index contributed by atoms with van der Waals surface area (Å²) in [7, 11) is 0. The number of nitrogens with zero attached hydrogens (tertiary/aromatic N) is 1. The molecule has 4 nitrogen and oxygen atoms in total. The van der Waals surface area contributed by atoms with Crippen molar-refractivity contribution in [2.45, 2.75) is 31.4 Å². The second-order valence-corrected chi connectivity index (χ2v) is 3.88. The van der Waals surface area contributed by atoms with Crippen molar-refractivity contribution in [3.05, 3.63) is 30.1 Å². The highest BCUT2D eigenvalue weighted by Crippen LogP contribution is 2.18. The van der Waals surface area contributed by atoms with E-state index in [0.29, 0.717) is 12.0 Å². The maximum Gasteiger partial charge on any atom is 0.253 e. The van der Waals surface area contributed by atoms with Crippen molar-refractivity contribution < 1.29 is 9.90 Å². The summed E-state index contributed by atoms with van der Waals surface area (Å²) in [4.78, 5) is 15.6. The third-order valence-corrected chi connectivity index (χ3v) is 2.66. The van der Waals surface area contributed by atoms with Crippen LogP contribution in [-0.2, 0) is 0 Å². The zero-order chi connectivity index (χ0) is 10.7. The third-order valence-electron chi connectivity index (χ3n) is 2.66. The Labute approximate surface area is 88.3 Å². The highest BCUT2D eigenvalue weighted by Gasteiger charge is 2.24. The van der Waals surface area contributed by atoms with Crippen LogP contribution in [0.3, 0.4) is 0 Å². The Balaban J connectivity index is 1.93. The minimum absolute atomic E-state index is 0.104. The van der Waals surface area contributed by atoms with Crippen molar-refractivity contribution in [1.82, 2.24) is 10.3 Å². The number of carbonyl (C=O) groups excluding carboxylic acids is 1. The quantitative estimate of drug-likeness (QED) is 0.749. The molecule has 1 amide bonds. The molecular weight excluding hydrogens is 192 g/mol. The molecule has 80 valence electrons. The highest BCUT2D eigenvalue weighted by molar-refractivity contribution is 5.94. The molecule has 0 saturated heterocycles. The maximum atomic E-state index is 11.7. The third kappa shape index (κ3) is 2.53. The number of carbonyl (C=O) groups is 1. The van der Waals surface area contributed by atoms with Crippen LogP contribution in [0.15, 0.2) is 24.5 Å². The Hall–Kier alpha value is -1.42. The lowest BCUT2D eigenvalue weighted by molar-refractivity contribution is 0.0933. The fourth-order valence-electron chi connectivity index (χ4n) is 1.85. The van der Waals surface area contributed by atoms with E-state index < -0.39 is 0 Å². The molecule has 2 N–H and O–H groups in total. The fourth-order valence-corrected chi connectivity index (χ4v) is 1.85. The minimum atomic E-state index is -0.260. The fraction of sp³-hybridized carbons (Fsp3) is 0.455. The Bertz CT molecular complexity index is 340. The van der Waals surface area contributed by atoms with E-state index in [1.807, 2.05) is 0 Å². The Morgan fingerprint density at radius 2 is 2.40 bits per heavy atom. The van der Waals surface area contributed by atoms with Gasteiger partial charge in [-0.2, -0.15) is 0 Å². The van der Waals surface area contributed by atoms with Gasteiger partial charge in [-0.3, -0.25) is 9.78 Å². The van der Waals surface area contributed by atoms with Crippen LogP contribution in [0.4, 0.5) is 0 Å². The number of aromatic nitrogens is 1. The first-order valence-corrected chi connectivity index (χ1v) is 5.14. The summed E-state index contributed by atoms with van der Waals surface area (Å²) in [6.07, 6.45) is 5.21. The second kappa shape index (κ2) is 4.40. The first kappa shape index (κ1) is 10.1. The van der Waals surface area contributed by atoms with Gasteiger partial charge in [0.05, 0.1) is 11.7 Å². The monoisotopic (exact) mass is 206 g/mol. The largest absolute Gasteiger partial charge is 0.393 e. The standard InChI is InChI=1S/C11H14N2O2/c14-10-4-3-9(6-10)13-11(15)8-2-1-5-12-7-8/h1-2,5,7,9-10,14H,3-4,6H2,(H,13,15)/t9-,10-/m0/s1. The van der Waals surface area contributed by atoms with Gasteiger partial charge in [0.15, 0.2) is 0 Å². The molecule has 4 heteroatoms.